The van der Waals surface area contributed by atoms with Crippen LogP contribution < -0.4 is 16.4 Å². The van der Waals surface area contributed by atoms with E-state index in [1.807, 2.05) is 18.2 Å². The summed E-state index contributed by atoms with van der Waals surface area (Å²) in [5.41, 5.74) is 7.57. The summed E-state index contributed by atoms with van der Waals surface area (Å²) < 4.78 is 1.00. The van der Waals surface area contributed by atoms with Crippen LogP contribution in [0.15, 0.2) is 53.0 Å². The maximum Gasteiger partial charge on any atom is 0.319 e. The molecule has 0 aromatic heterocycles. The number of carbonyl (C=O) groups excluding carboxylic acids is 2. The number of nitrogen functional groups attached to an aromatic ring is 1. The van der Waals surface area contributed by atoms with Crippen LogP contribution in [0.1, 0.15) is 56.1 Å². The molecule has 0 bridgehead atoms. The van der Waals surface area contributed by atoms with Gasteiger partial charge in [0.05, 0.1) is 6.04 Å². The van der Waals surface area contributed by atoms with Crippen molar-refractivity contribution >= 4 is 45.2 Å². The van der Waals surface area contributed by atoms with Crippen molar-refractivity contribution in [2.45, 2.75) is 51.0 Å². The maximum atomic E-state index is 12.8. The van der Waals surface area contributed by atoms with Crippen LogP contribution in [0.3, 0.4) is 0 Å². The average molecular weight is 517 g/mol. The van der Waals surface area contributed by atoms with Crippen molar-refractivity contribution in [2.24, 2.45) is 5.73 Å². The number of ketones is 1. The number of urea groups is 1. The first-order valence-corrected chi connectivity index (χ1v) is 11.5. The average Bonchev–Trinajstić information content (AvgIpc) is 2.76. The molecule has 0 fully saturated rings. The minimum absolute atomic E-state index is 0.0199. The number of carboxylic acid groups (broad SMARTS) is 1. The highest BCUT2D eigenvalue weighted by Crippen LogP contribution is 2.24. The maximum absolute atomic E-state index is 12.8. The van der Waals surface area contributed by atoms with Gasteiger partial charge < -0.3 is 21.5 Å². The fourth-order valence-corrected chi connectivity index (χ4v) is 3.79. The molecular weight excluding hydrogens is 488 g/mol. The molecule has 1 unspecified atom stereocenters. The fourth-order valence-electron chi connectivity index (χ4n) is 3.38. The Labute approximate surface area is 201 Å². The first-order chi connectivity index (χ1) is 15.7. The number of nitrogens with one attached hydrogen (secondary N) is 3. The van der Waals surface area contributed by atoms with E-state index in [1.165, 1.54) is 5.56 Å². The lowest BCUT2D eigenvalue weighted by Crippen LogP contribution is -2.43. The molecule has 6 N–H and O–H groups in total. The largest absolute Gasteiger partial charge is 0.481 e. The highest BCUT2D eigenvalue weighted by molar-refractivity contribution is 9.10. The van der Waals surface area contributed by atoms with Gasteiger partial charge in [-0.1, -0.05) is 35.0 Å². The van der Waals surface area contributed by atoms with E-state index in [2.05, 4.69) is 39.6 Å². The number of hydrogen-bond acceptors (Lipinski definition) is 4. The molecule has 2 aromatic rings. The van der Waals surface area contributed by atoms with Gasteiger partial charge in [0.1, 0.15) is 5.84 Å². The predicted molar refractivity (Wildman–Crippen MR) is 132 cm³/mol. The van der Waals surface area contributed by atoms with Gasteiger partial charge in [0.25, 0.3) is 0 Å². The first kappa shape index (κ1) is 26.1. The van der Waals surface area contributed by atoms with Gasteiger partial charge in [0, 0.05) is 28.6 Å². The van der Waals surface area contributed by atoms with Crippen LogP contribution in [0.5, 0.6) is 0 Å². The van der Waals surface area contributed by atoms with Crippen molar-refractivity contribution in [2.75, 3.05) is 5.32 Å². The van der Waals surface area contributed by atoms with Crippen LogP contribution in [-0.2, 0) is 9.59 Å². The Kier molecular flexibility index (Phi) is 10.1. The van der Waals surface area contributed by atoms with Crippen LogP contribution in [-0.4, -0.2) is 34.8 Å². The molecule has 0 spiro atoms. The Morgan fingerprint density at radius 2 is 1.79 bits per heavy atom. The van der Waals surface area contributed by atoms with Crippen LogP contribution in [0, 0.1) is 5.41 Å². The molecule has 8 nitrogen and oxygen atoms in total. The summed E-state index contributed by atoms with van der Waals surface area (Å²) in [5, 5.41) is 21.6. The Morgan fingerprint density at radius 1 is 1.09 bits per heavy atom. The molecular formula is C24H29BrN4O4. The van der Waals surface area contributed by atoms with E-state index in [-0.39, 0.29) is 36.8 Å². The van der Waals surface area contributed by atoms with E-state index < -0.39 is 18.0 Å². The van der Waals surface area contributed by atoms with Crippen molar-refractivity contribution in [3.05, 3.63) is 64.1 Å². The highest BCUT2D eigenvalue weighted by Gasteiger charge is 2.22. The fraction of sp³-hybridized carbons (Fsp3) is 0.333. The molecule has 9 heteroatoms. The number of hydrogen-bond donors (Lipinski definition) is 5. The Bertz CT molecular complexity index is 994. The number of Topliss-reactive ketones (excluding diaryl/α,β-unsaturated/α-hetero) is 1. The Hall–Kier alpha value is -3.20. The third-order valence-electron chi connectivity index (χ3n) is 5.27. The molecule has 2 rings (SSSR count). The van der Waals surface area contributed by atoms with Crippen LogP contribution in [0.2, 0.25) is 0 Å². The van der Waals surface area contributed by atoms with Gasteiger partial charge in [-0.2, -0.15) is 0 Å². The number of amides is 2. The summed E-state index contributed by atoms with van der Waals surface area (Å²) in [6.45, 7) is 2.09. The van der Waals surface area contributed by atoms with Gasteiger partial charge in [-0.15, -0.1) is 0 Å². The molecule has 2 atom stereocenters. The van der Waals surface area contributed by atoms with Crippen molar-refractivity contribution in [1.29, 1.82) is 5.41 Å². The zero-order valence-electron chi connectivity index (χ0n) is 18.4. The number of carboxylic acids is 1. The molecule has 0 aliphatic carbocycles. The molecule has 0 radical (unpaired) electrons. The molecule has 0 aliphatic heterocycles. The molecule has 33 heavy (non-hydrogen) atoms. The lowest BCUT2D eigenvalue weighted by molar-refractivity contribution is -0.137. The van der Waals surface area contributed by atoms with Gasteiger partial charge in [-0.3, -0.25) is 15.0 Å². The summed E-state index contributed by atoms with van der Waals surface area (Å²) >= 11 is 3.46. The minimum Gasteiger partial charge on any atom is -0.481 e. The molecule has 0 saturated heterocycles. The van der Waals surface area contributed by atoms with Crippen molar-refractivity contribution < 1.29 is 19.5 Å². The summed E-state index contributed by atoms with van der Waals surface area (Å²) in [4.78, 5) is 36.2. The first-order valence-electron chi connectivity index (χ1n) is 10.7. The second kappa shape index (κ2) is 12.7. The highest BCUT2D eigenvalue weighted by atomic mass is 79.9. The molecule has 0 saturated carbocycles. The number of anilines is 1. The smallest absolute Gasteiger partial charge is 0.319 e. The SMILES string of the molecule is CC(CCCC(=O)[C@H](CCC(=O)O)NC(=O)Nc1ccc(C(=N)N)cc1)c1cccc(Br)c1. The number of rotatable bonds is 12. The number of halogens is 1. The summed E-state index contributed by atoms with van der Waals surface area (Å²) in [7, 11) is 0. The van der Waals surface area contributed by atoms with E-state index in [0.29, 0.717) is 17.7 Å². The zero-order chi connectivity index (χ0) is 24.4. The molecule has 0 aliphatic rings. The third kappa shape index (κ3) is 9.05. The molecule has 2 amide bonds. The van der Waals surface area contributed by atoms with Crippen LogP contribution >= 0.6 is 15.9 Å². The standard InChI is InChI=1S/C24H29BrN4O4/c1-15(17-5-3-6-18(25)14-17)4-2-7-21(30)20(12-13-22(31)32)29-24(33)28-19-10-8-16(9-11-19)23(26)27/h3,5-6,8-11,14-15,20H,2,4,7,12-13H2,1H3,(H3,26,27)(H,31,32)(H2,28,29,33)/t15?,20-/m0/s1. The minimum atomic E-state index is -1.03. The van der Waals surface area contributed by atoms with Gasteiger partial charge in [-0.05, 0) is 67.1 Å². The van der Waals surface area contributed by atoms with Gasteiger partial charge >= 0.3 is 12.0 Å². The van der Waals surface area contributed by atoms with Crippen LogP contribution in [0.4, 0.5) is 10.5 Å². The van der Waals surface area contributed by atoms with E-state index in [0.717, 1.165) is 10.9 Å². The number of aliphatic carboxylic acids is 1. The number of amidine groups is 1. The zero-order valence-corrected chi connectivity index (χ0v) is 20.0. The normalized spacial score (nSPS) is 12.4. The van der Waals surface area contributed by atoms with Gasteiger partial charge in [0.2, 0.25) is 0 Å². The van der Waals surface area contributed by atoms with E-state index in [9.17, 15) is 14.4 Å². The van der Waals surface area contributed by atoms with Crippen molar-refractivity contribution in [1.82, 2.24) is 5.32 Å². The third-order valence-corrected chi connectivity index (χ3v) is 5.77. The predicted octanol–water partition coefficient (Wildman–Crippen LogP) is 4.63. The number of nitrogens with two attached hydrogens (primary N) is 1. The Morgan fingerprint density at radius 3 is 2.39 bits per heavy atom. The second-order valence-corrected chi connectivity index (χ2v) is 8.80. The van der Waals surface area contributed by atoms with E-state index >= 15 is 0 Å². The van der Waals surface area contributed by atoms with E-state index in [4.69, 9.17) is 16.2 Å². The van der Waals surface area contributed by atoms with E-state index in [1.54, 1.807) is 24.3 Å². The summed E-state index contributed by atoms with van der Waals surface area (Å²) in [6.07, 6.45) is 1.47. The topological polar surface area (TPSA) is 145 Å². The molecule has 176 valence electrons. The lowest BCUT2D eigenvalue weighted by Gasteiger charge is -2.18. The molecule has 0 heterocycles. The lowest BCUT2D eigenvalue weighted by atomic mass is 9.93. The second-order valence-electron chi connectivity index (χ2n) is 7.89. The number of carbonyl (C=O) groups is 3. The summed E-state index contributed by atoms with van der Waals surface area (Å²) in [5.74, 6) is -1.04. The van der Waals surface area contributed by atoms with Gasteiger partial charge in [0.15, 0.2) is 5.78 Å². The Balaban J connectivity index is 1.91. The number of benzene rings is 2. The van der Waals surface area contributed by atoms with Gasteiger partial charge in [-0.25, -0.2) is 4.79 Å². The monoisotopic (exact) mass is 516 g/mol. The van der Waals surface area contributed by atoms with Crippen molar-refractivity contribution in [3.63, 3.8) is 0 Å². The van der Waals surface area contributed by atoms with Crippen LogP contribution in [0.25, 0.3) is 0 Å². The quantitative estimate of drug-likeness (QED) is 0.206. The van der Waals surface area contributed by atoms with Crippen molar-refractivity contribution in [3.8, 4) is 0 Å². The molecule has 2 aromatic carbocycles. The summed E-state index contributed by atoms with van der Waals surface area (Å²) in [6, 6.07) is 12.9.